The fraction of sp³-hybridized carbons (Fsp3) is 0.350. The molecule has 0 amide bonds. The third-order valence-corrected chi connectivity index (χ3v) is 4.61. The minimum atomic E-state index is -0.324. The predicted octanol–water partition coefficient (Wildman–Crippen LogP) is 3.75. The van der Waals surface area contributed by atoms with Crippen LogP contribution in [0.4, 0.5) is 14.5 Å². The van der Waals surface area contributed by atoms with E-state index >= 15 is 0 Å². The standard InChI is InChI=1S/C20H22F2N2O/c21-17-5-3-16(4-6-17)20(25)2-1-11-23-12-14-24(15-13-23)19-9-7-18(22)8-10-19/h3-10H,1-2,11-15H2. The van der Waals surface area contributed by atoms with Crippen molar-refractivity contribution in [3.05, 3.63) is 65.7 Å². The number of nitrogens with zero attached hydrogens (tertiary/aromatic N) is 2. The number of anilines is 1. The Kier molecular flexibility index (Phi) is 5.76. The number of ketones is 1. The summed E-state index contributed by atoms with van der Waals surface area (Å²) < 4.78 is 25.9. The highest BCUT2D eigenvalue weighted by molar-refractivity contribution is 5.95. The third kappa shape index (κ3) is 4.86. The fourth-order valence-electron chi connectivity index (χ4n) is 3.12. The average molecular weight is 344 g/mol. The normalized spacial score (nSPS) is 15.4. The van der Waals surface area contributed by atoms with Crippen molar-refractivity contribution in [2.24, 2.45) is 0 Å². The van der Waals surface area contributed by atoms with Crippen molar-refractivity contribution in [1.82, 2.24) is 4.90 Å². The van der Waals surface area contributed by atoms with E-state index in [0.29, 0.717) is 12.0 Å². The summed E-state index contributed by atoms with van der Waals surface area (Å²) in [4.78, 5) is 16.7. The number of rotatable bonds is 6. The molecule has 0 aliphatic carbocycles. The number of piperazine rings is 1. The van der Waals surface area contributed by atoms with E-state index in [1.807, 2.05) is 12.1 Å². The van der Waals surface area contributed by atoms with E-state index in [2.05, 4.69) is 9.80 Å². The van der Waals surface area contributed by atoms with Crippen molar-refractivity contribution in [2.75, 3.05) is 37.6 Å². The molecule has 0 aromatic heterocycles. The van der Waals surface area contributed by atoms with Gasteiger partial charge in [-0.3, -0.25) is 9.69 Å². The van der Waals surface area contributed by atoms with E-state index in [-0.39, 0.29) is 17.4 Å². The number of carbonyl (C=O) groups excluding carboxylic acids is 1. The Balaban J connectivity index is 1.40. The van der Waals surface area contributed by atoms with Crippen molar-refractivity contribution < 1.29 is 13.6 Å². The summed E-state index contributed by atoms with van der Waals surface area (Å²) in [5.41, 5.74) is 1.62. The lowest BCUT2D eigenvalue weighted by molar-refractivity contribution is 0.0974. The number of carbonyl (C=O) groups is 1. The van der Waals surface area contributed by atoms with E-state index in [4.69, 9.17) is 0 Å². The maximum atomic E-state index is 13.0. The fourth-order valence-corrected chi connectivity index (χ4v) is 3.12. The molecule has 2 aromatic carbocycles. The highest BCUT2D eigenvalue weighted by Crippen LogP contribution is 2.17. The number of hydrogen-bond donors (Lipinski definition) is 0. The van der Waals surface area contributed by atoms with Crippen LogP contribution in [0.1, 0.15) is 23.2 Å². The van der Waals surface area contributed by atoms with Crippen molar-refractivity contribution in [1.29, 1.82) is 0 Å². The predicted molar refractivity (Wildman–Crippen MR) is 95.0 cm³/mol. The molecule has 0 saturated carbocycles. The molecule has 0 N–H and O–H groups in total. The summed E-state index contributed by atoms with van der Waals surface area (Å²) in [5, 5.41) is 0. The summed E-state index contributed by atoms with van der Waals surface area (Å²) in [6, 6.07) is 12.3. The summed E-state index contributed by atoms with van der Waals surface area (Å²) in [6.07, 6.45) is 1.27. The second kappa shape index (κ2) is 8.21. The van der Waals surface area contributed by atoms with Gasteiger partial charge in [0.05, 0.1) is 0 Å². The Bertz CT molecular complexity index is 693. The van der Waals surface area contributed by atoms with E-state index < -0.39 is 0 Å². The van der Waals surface area contributed by atoms with Gasteiger partial charge in [-0.05, 0) is 61.5 Å². The molecule has 0 bridgehead atoms. The van der Waals surface area contributed by atoms with E-state index in [1.165, 1.54) is 24.3 Å². The Labute approximate surface area is 146 Å². The third-order valence-electron chi connectivity index (χ3n) is 4.61. The van der Waals surface area contributed by atoms with E-state index in [1.54, 1.807) is 12.1 Å². The molecule has 0 radical (unpaired) electrons. The van der Waals surface area contributed by atoms with Crippen molar-refractivity contribution in [2.45, 2.75) is 12.8 Å². The summed E-state index contributed by atoms with van der Waals surface area (Å²) in [6.45, 7) is 4.55. The molecule has 3 nitrogen and oxygen atoms in total. The quantitative estimate of drug-likeness (QED) is 0.746. The van der Waals surface area contributed by atoms with Gasteiger partial charge in [0.15, 0.2) is 5.78 Å². The second-order valence-corrected chi connectivity index (χ2v) is 6.34. The molecule has 3 rings (SSSR count). The average Bonchev–Trinajstić information content (AvgIpc) is 2.63. The molecule has 1 fully saturated rings. The van der Waals surface area contributed by atoms with Crippen LogP contribution in [-0.4, -0.2) is 43.4 Å². The van der Waals surface area contributed by atoms with Crippen LogP contribution in [0.5, 0.6) is 0 Å². The first-order valence-electron chi connectivity index (χ1n) is 8.63. The highest BCUT2D eigenvalue weighted by atomic mass is 19.1. The smallest absolute Gasteiger partial charge is 0.162 e. The van der Waals surface area contributed by atoms with Crippen molar-refractivity contribution in [3.8, 4) is 0 Å². The van der Waals surface area contributed by atoms with Gasteiger partial charge < -0.3 is 4.90 Å². The topological polar surface area (TPSA) is 23.6 Å². The van der Waals surface area contributed by atoms with Crippen LogP contribution in [0.25, 0.3) is 0 Å². The Morgan fingerprint density at radius 2 is 1.40 bits per heavy atom. The van der Waals surface area contributed by atoms with E-state index in [0.717, 1.165) is 44.8 Å². The van der Waals surface area contributed by atoms with Gasteiger partial charge in [-0.1, -0.05) is 0 Å². The van der Waals surface area contributed by atoms with Crippen LogP contribution < -0.4 is 4.90 Å². The number of Topliss-reactive ketones (excluding diaryl/α,β-unsaturated/α-hetero) is 1. The lowest BCUT2D eigenvalue weighted by Crippen LogP contribution is -2.46. The largest absolute Gasteiger partial charge is 0.369 e. The zero-order chi connectivity index (χ0) is 17.6. The van der Waals surface area contributed by atoms with Gasteiger partial charge in [-0.15, -0.1) is 0 Å². The molecular formula is C20H22F2N2O. The lowest BCUT2D eigenvalue weighted by atomic mass is 10.1. The molecule has 5 heteroatoms. The maximum absolute atomic E-state index is 13.0. The zero-order valence-corrected chi connectivity index (χ0v) is 14.1. The summed E-state index contributed by atoms with van der Waals surface area (Å²) in [7, 11) is 0. The van der Waals surface area contributed by atoms with Gasteiger partial charge in [0.25, 0.3) is 0 Å². The minimum Gasteiger partial charge on any atom is -0.369 e. The van der Waals surface area contributed by atoms with Gasteiger partial charge in [-0.2, -0.15) is 0 Å². The lowest BCUT2D eigenvalue weighted by Gasteiger charge is -2.36. The first-order valence-corrected chi connectivity index (χ1v) is 8.63. The molecule has 132 valence electrons. The number of hydrogen-bond acceptors (Lipinski definition) is 3. The Morgan fingerprint density at radius 3 is 2.00 bits per heavy atom. The molecule has 0 unspecified atom stereocenters. The number of halogens is 2. The van der Waals surface area contributed by atoms with Crippen LogP contribution >= 0.6 is 0 Å². The Morgan fingerprint density at radius 1 is 0.840 bits per heavy atom. The Hall–Kier alpha value is -2.27. The van der Waals surface area contributed by atoms with Crippen LogP contribution in [0.3, 0.4) is 0 Å². The summed E-state index contributed by atoms with van der Waals surface area (Å²) in [5.74, 6) is -0.478. The van der Waals surface area contributed by atoms with Gasteiger partial charge in [0.1, 0.15) is 11.6 Å². The monoisotopic (exact) mass is 344 g/mol. The molecule has 25 heavy (non-hydrogen) atoms. The molecule has 0 atom stereocenters. The first-order chi connectivity index (χ1) is 12.1. The number of benzene rings is 2. The van der Waals surface area contributed by atoms with Crippen LogP contribution in [0.15, 0.2) is 48.5 Å². The molecule has 1 aliphatic rings. The molecule has 1 aliphatic heterocycles. The molecule has 1 heterocycles. The minimum absolute atomic E-state index is 0.0601. The van der Waals surface area contributed by atoms with Gasteiger partial charge in [0.2, 0.25) is 0 Å². The van der Waals surface area contributed by atoms with E-state index in [9.17, 15) is 13.6 Å². The highest BCUT2D eigenvalue weighted by Gasteiger charge is 2.17. The van der Waals surface area contributed by atoms with Crippen LogP contribution in [0.2, 0.25) is 0 Å². The first kappa shape index (κ1) is 17.5. The molecule has 1 saturated heterocycles. The molecular weight excluding hydrogens is 322 g/mol. The van der Waals surface area contributed by atoms with Crippen molar-refractivity contribution in [3.63, 3.8) is 0 Å². The van der Waals surface area contributed by atoms with Gasteiger partial charge in [0, 0.05) is 43.9 Å². The van der Waals surface area contributed by atoms with Gasteiger partial charge >= 0.3 is 0 Å². The van der Waals surface area contributed by atoms with Crippen LogP contribution in [0, 0.1) is 11.6 Å². The van der Waals surface area contributed by atoms with Crippen LogP contribution in [-0.2, 0) is 0 Å². The second-order valence-electron chi connectivity index (χ2n) is 6.34. The maximum Gasteiger partial charge on any atom is 0.162 e. The SMILES string of the molecule is O=C(CCCN1CCN(c2ccc(F)cc2)CC1)c1ccc(F)cc1. The van der Waals surface area contributed by atoms with Crippen molar-refractivity contribution >= 4 is 11.5 Å². The summed E-state index contributed by atoms with van der Waals surface area (Å²) >= 11 is 0. The molecule has 0 spiro atoms. The molecule has 2 aromatic rings. The zero-order valence-electron chi connectivity index (χ0n) is 14.1. The van der Waals surface area contributed by atoms with Gasteiger partial charge in [-0.25, -0.2) is 8.78 Å².